The molecule has 3 heterocycles. The van der Waals surface area contributed by atoms with Crippen molar-refractivity contribution in [2.24, 2.45) is 0 Å². The van der Waals surface area contributed by atoms with E-state index in [0.717, 1.165) is 22.7 Å². The molecule has 1 saturated heterocycles. The molecule has 2 atom stereocenters. The van der Waals surface area contributed by atoms with Crippen molar-refractivity contribution in [2.45, 2.75) is 52.2 Å². The molecule has 0 saturated carbocycles. The Labute approximate surface area is 183 Å². The van der Waals surface area contributed by atoms with Gasteiger partial charge in [-0.1, -0.05) is 20.8 Å². The van der Waals surface area contributed by atoms with Crippen molar-refractivity contribution in [1.82, 2.24) is 19.5 Å². The minimum Gasteiger partial charge on any atom is -0.497 e. The molecule has 2 unspecified atom stereocenters. The maximum Gasteiger partial charge on any atom is 0.272 e. The number of aromatic nitrogens is 3. The fourth-order valence-electron chi connectivity index (χ4n) is 3.91. The Morgan fingerprint density at radius 1 is 1.10 bits per heavy atom. The summed E-state index contributed by atoms with van der Waals surface area (Å²) < 4.78 is 12.8. The molecule has 1 amide bonds. The summed E-state index contributed by atoms with van der Waals surface area (Å²) in [5.74, 6) is 0.713. The van der Waals surface area contributed by atoms with Gasteiger partial charge in [-0.3, -0.25) is 4.79 Å². The zero-order valence-electron chi connectivity index (χ0n) is 19.0. The minimum absolute atomic E-state index is 0.00570. The van der Waals surface area contributed by atoms with E-state index in [9.17, 15) is 4.79 Å². The summed E-state index contributed by atoms with van der Waals surface area (Å²) in [7, 11) is 1.64. The molecular weight excluding hydrogens is 392 g/mol. The van der Waals surface area contributed by atoms with Gasteiger partial charge in [0.2, 0.25) is 0 Å². The number of amides is 1. The number of methoxy groups -OCH3 is 1. The third-order valence-electron chi connectivity index (χ3n) is 5.51. The fourth-order valence-corrected chi connectivity index (χ4v) is 3.91. The van der Waals surface area contributed by atoms with Crippen LogP contribution in [0, 0.1) is 0 Å². The number of hydrogen-bond donors (Lipinski definition) is 0. The van der Waals surface area contributed by atoms with Crippen LogP contribution < -0.4 is 4.74 Å². The Bertz CT molecular complexity index is 1090. The first-order chi connectivity index (χ1) is 14.7. The van der Waals surface area contributed by atoms with Gasteiger partial charge >= 0.3 is 0 Å². The molecule has 1 fully saturated rings. The highest BCUT2D eigenvalue weighted by Crippen LogP contribution is 2.27. The molecule has 31 heavy (non-hydrogen) atoms. The SMILES string of the molecule is COc1ccc(-c2cc(C(=O)N3CC(C)OC(C)C3)n3nc(C(C)(C)C)cc3n2)cc1. The molecule has 0 bridgehead atoms. The van der Waals surface area contributed by atoms with Gasteiger partial charge in [0.25, 0.3) is 5.91 Å². The van der Waals surface area contributed by atoms with Crippen LogP contribution in [0.2, 0.25) is 0 Å². The summed E-state index contributed by atoms with van der Waals surface area (Å²) >= 11 is 0. The maximum absolute atomic E-state index is 13.6. The van der Waals surface area contributed by atoms with Gasteiger partial charge in [-0.2, -0.15) is 5.10 Å². The second-order valence-electron chi connectivity index (χ2n) is 9.27. The molecule has 1 aliphatic rings. The standard InChI is InChI=1S/C24H30N4O3/c1-15-13-27(14-16(2)31-15)23(29)20-11-19(17-7-9-18(30-6)10-8-17)25-22-12-21(24(3,4)5)26-28(20)22/h7-12,15-16H,13-14H2,1-6H3. The van der Waals surface area contributed by atoms with Crippen molar-refractivity contribution in [3.63, 3.8) is 0 Å². The van der Waals surface area contributed by atoms with E-state index < -0.39 is 0 Å². The Morgan fingerprint density at radius 3 is 2.32 bits per heavy atom. The van der Waals surface area contributed by atoms with E-state index in [1.165, 1.54) is 0 Å². The van der Waals surface area contributed by atoms with Crippen LogP contribution in [0.1, 0.15) is 50.8 Å². The van der Waals surface area contributed by atoms with Crippen molar-refractivity contribution >= 4 is 11.6 Å². The molecule has 164 valence electrons. The average molecular weight is 423 g/mol. The summed E-state index contributed by atoms with van der Waals surface area (Å²) in [4.78, 5) is 20.3. The van der Waals surface area contributed by atoms with Gasteiger partial charge < -0.3 is 14.4 Å². The van der Waals surface area contributed by atoms with E-state index in [-0.39, 0.29) is 23.5 Å². The number of rotatable bonds is 3. The second kappa shape index (κ2) is 7.96. The molecule has 7 heteroatoms. The lowest BCUT2D eigenvalue weighted by atomic mass is 9.93. The van der Waals surface area contributed by atoms with E-state index in [1.807, 2.05) is 55.1 Å². The molecular formula is C24H30N4O3. The second-order valence-corrected chi connectivity index (χ2v) is 9.27. The highest BCUT2D eigenvalue weighted by atomic mass is 16.5. The van der Waals surface area contributed by atoms with Gasteiger partial charge in [-0.15, -0.1) is 0 Å². The van der Waals surface area contributed by atoms with Crippen molar-refractivity contribution in [1.29, 1.82) is 0 Å². The molecule has 1 aromatic carbocycles. The molecule has 0 spiro atoms. The lowest BCUT2D eigenvalue weighted by Gasteiger charge is -2.35. The summed E-state index contributed by atoms with van der Waals surface area (Å²) in [5.41, 5.74) is 3.55. The summed E-state index contributed by atoms with van der Waals surface area (Å²) in [6.07, 6.45) is -0.0114. The predicted octanol–water partition coefficient (Wildman–Crippen LogP) is 3.95. The maximum atomic E-state index is 13.6. The topological polar surface area (TPSA) is 69.0 Å². The lowest BCUT2D eigenvalue weighted by Crippen LogP contribution is -2.48. The van der Waals surface area contributed by atoms with E-state index in [1.54, 1.807) is 11.6 Å². The van der Waals surface area contributed by atoms with Crippen LogP contribution in [0.5, 0.6) is 5.75 Å². The van der Waals surface area contributed by atoms with Gasteiger partial charge in [0.15, 0.2) is 5.65 Å². The van der Waals surface area contributed by atoms with Crippen molar-refractivity contribution in [2.75, 3.05) is 20.2 Å². The summed E-state index contributed by atoms with van der Waals surface area (Å²) in [5, 5.41) is 4.76. The third kappa shape index (κ3) is 4.28. The van der Waals surface area contributed by atoms with E-state index in [2.05, 4.69) is 20.8 Å². The number of nitrogens with zero attached hydrogens (tertiary/aromatic N) is 4. The third-order valence-corrected chi connectivity index (χ3v) is 5.51. The van der Waals surface area contributed by atoms with Crippen LogP contribution in [-0.2, 0) is 10.2 Å². The Balaban J connectivity index is 1.84. The first kappa shape index (κ1) is 21.3. The number of benzene rings is 1. The monoisotopic (exact) mass is 422 g/mol. The number of carbonyl (C=O) groups excluding carboxylic acids is 1. The number of fused-ring (bicyclic) bond motifs is 1. The minimum atomic E-state index is -0.156. The highest BCUT2D eigenvalue weighted by Gasteiger charge is 2.29. The summed E-state index contributed by atoms with van der Waals surface area (Å²) in [6, 6.07) is 11.5. The quantitative estimate of drug-likeness (QED) is 0.639. The molecule has 1 aliphatic heterocycles. The smallest absolute Gasteiger partial charge is 0.272 e. The van der Waals surface area contributed by atoms with Crippen LogP contribution in [0.25, 0.3) is 16.9 Å². The van der Waals surface area contributed by atoms with Crippen molar-refractivity contribution in [3.05, 3.63) is 47.8 Å². The van der Waals surface area contributed by atoms with Crippen LogP contribution in [0.15, 0.2) is 36.4 Å². The fraction of sp³-hybridized carbons (Fsp3) is 0.458. The van der Waals surface area contributed by atoms with E-state index in [4.69, 9.17) is 19.6 Å². The molecule has 2 aromatic heterocycles. The number of hydrogen-bond acceptors (Lipinski definition) is 5. The molecule has 4 rings (SSSR count). The van der Waals surface area contributed by atoms with Crippen molar-refractivity contribution < 1.29 is 14.3 Å². The Morgan fingerprint density at radius 2 is 1.74 bits per heavy atom. The number of carbonyl (C=O) groups is 1. The van der Waals surface area contributed by atoms with Gasteiger partial charge in [0, 0.05) is 30.1 Å². The highest BCUT2D eigenvalue weighted by molar-refractivity contribution is 5.94. The predicted molar refractivity (Wildman–Crippen MR) is 120 cm³/mol. The van der Waals surface area contributed by atoms with E-state index >= 15 is 0 Å². The largest absolute Gasteiger partial charge is 0.497 e. The Hall–Kier alpha value is -2.93. The number of ether oxygens (including phenoxy) is 2. The van der Waals surface area contributed by atoms with E-state index in [0.29, 0.717) is 24.4 Å². The van der Waals surface area contributed by atoms with Crippen LogP contribution in [-0.4, -0.2) is 57.8 Å². The van der Waals surface area contributed by atoms with Crippen LogP contribution in [0.3, 0.4) is 0 Å². The average Bonchev–Trinajstić information content (AvgIpc) is 3.17. The normalized spacial score (nSPS) is 19.6. The number of morpholine rings is 1. The van der Waals surface area contributed by atoms with Crippen LogP contribution in [0.4, 0.5) is 0 Å². The van der Waals surface area contributed by atoms with Gasteiger partial charge in [-0.25, -0.2) is 9.50 Å². The zero-order valence-corrected chi connectivity index (χ0v) is 19.0. The molecule has 0 aliphatic carbocycles. The molecule has 3 aromatic rings. The Kier molecular flexibility index (Phi) is 5.47. The van der Waals surface area contributed by atoms with Crippen molar-refractivity contribution in [3.8, 4) is 17.0 Å². The van der Waals surface area contributed by atoms with Gasteiger partial charge in [0.05, 0.1) is 30.7 Å². The summed E-state index contributed by atoms with van der Waals surface area (Å²) in [6.45, 7) is 11.4. The molecule has 7 nitrogen and oxygen atoms in total. The zero-order chi connectivity index (χ0) is 22.3. The molecule has 0 radical (unpaired) electrons. The lowest BCUT2D eigenvalue weighted by molar-refractivity contribution is -0.0588. The van der Waals surface area contributed by atoms with Crippen LogP contribution >= 0.6 is 0 Å². The molecule has 0 N–H and O–H groups in total. The first-order valence-corrected chi connectivity index (χ1v) is 10.7. The van der Waals surface area contributed by atoms with Gasteiger partial charge in [-0.05, 0) is 44.2 Å². The first-order valence-electron chi connectivity index (χ1n) is 10.7. The van der Waals surface area contributed by atoms with Gasteiger partial charge in [0.1, 0.15) is 11.4 Å².